The standard InChI is InChI=1S/C13H11N/c1-8-6-7-11-9-4-2-3-5-10(9)12(11)13(8)14/h2-7H,14H2,1H3. The van der Waals surface area contributed by atoms with E-state index >= 15 is 0 Å². The first-order valence-electron chi connectivity index (χ1n) is 4.78. The van der Waals surface area contributed by atoms with Crippen LogP contribution in [0.25, 0.3) is 22.3 Å². The molecule has 3 rings (SSSR count). The molecule has 68 valence electrons. The zero-order valence-electron chi connectivity index (χ0n) is 8.04. The van der Waals surface area contributed by atoms with Gasteiger partial charge in [0.25, 0.3) is 0 Å². The number of nitrogen functional groups attached to an aromatic ring is 1. The third-order valence-corrected chi connectivity index (χ3v) is 2.95. The molecule has 1 aliphatic carbocycles. The summed E-state index contributed by atoms with van der Waals surface area (Å²) < 4.78 is 0. The van der Waals surface area contributed by atoms with Crippen LogP contribution in [-0.2, 0) is 0 Å². The topological polar surface area (TPSA) is 26.0 Å². The first kappa shape index (κ1) is 7.63. The third kappa shape index (κ3) is 0.746. The van der Waals surface area contributed by atoms with Gasteiger partial charge in [-0.3, -0.25) is 0 Å². The van der Waals surface area contributed by atoms with Crippen molar-refractivity contribution in [3.05, 3.63) is 42.0 Å². The number of anilines is 1. The van der Waals surface area contributed by atoms with E-state index in [1.807, 2.05) is 0 Å². The summed E-state index contributed by atoms with van der Waals surface area (Å²) in [5.41, 5.74) is 13.3. The highest BCUT2D eigenvalue weighted by Crippen LogP contribution is 2.50. The molecule has 2 N–H and O–H groups in total. The highest BCUT2D eigenvalue weighted by Gasteiger charge is 2.24. The van der Waals surface area contributed by atoms with Crippen LogP contribution in [0.1, 0.15) is 5.56 Å². The Kier molecular flexibility index (Phi) is 1.30. The van der Waals surface area contributed by atoms with Gasteiger partial charge in [-0.15, -0.1) is 0 Å². The summed E-state index contributed by atoms with van der Waals surface area (Å²) in [4.78, 5) is 0. The Morgan fingerprint density at radius 3 is 2.36 bits per heavy atom. The molecular formula is C13H11N. The second kappa shape index (κ2) is 2.38. The highest BCUT2D eigenvalue weighted by atomic mass is 14.6. The number of benzene rings is 2. The van der Waals surface area contributed by atoms with Gasteiger partial charge >= 0.3 is 0 Å². The minimum absolute atomic E-state index is 0.932. The van der Waals surface area contributed by atoms with Crippen LogP contribution in [0.3, 0.4) is 0 Å². The Balaban J connectivity index is 2.34. The van der Waals surface area contributed by atoms with Crippen LogP contribution in [-0.4, -0.2) is 0 Å². The lowest BCUT2D eigenvalue weighted by molar-refractivity contribution is 1.43. The molecule has 0 saturated heterocycles. The maximum absolute atomic E-state index is 6.05. The molecule has 0 atom stereocenters. The molecule has 0 aliphatic heterocycles. The maximum Gasteiger partial charge on any atom is 0.0429 e. The van der Waals surface area contributed by atoms with E-state index in [-0.39, 0.29) is 0 Å². The second-order valence-corrected chi connectivity index (χ2v) is 3.76. The third-order valence-electron chi connectivity index (χ3n) is 2.95. The average molecular weight is 181 g/mol. The molecule has 0 radical (unpaired) electrons. The largest absolute Gasteiger partial charge is 0.398 e. The van der Waals surface area contributed by atoms with Crippen LogP contribution in [0.5, 0.6) is 0 Å². The molecule has 2 aromatic rings. The summed E-state index contributed by atoms with van der Waals surface area (Å²) in [6.45, 7) is 2.05. The van der Waals surface area contributed by atoms with Crippen molar-refractivity contribution in [2.45, 2.75) is 6.92 Å². The predicted octanol–water partition coefficient (Wildman–Crippen LogP) is 3.22. The van der Waals surface area contributed by atoms with E-state index in [1.165, 1.54) is 27.8 Å². The Hall–Kier alpha value is -1.76. The first-order chi connectivity index (χ1) is 6.79. The molecule has 0 fully saturated rings. The van der Waals surface area contributed by atoms with Crippen molar-refractivity contribution >= 4 is 5.69 Å². The Bertz CT molecular complexity index is 527. The van der Waals surface area contributed by atoms with Crippen molar-refractivity contribution in [2.24, 2.45) is 0 Å². The monoisotopic (exact) mass is 181 g/mol. The van der Waals surface area contributed by atoms with Gasteiger partial charge in [0.15, 0.2) is 0 Å². The molecule has 1 aliphatic rings. The summed E-state index contributed by atoms with van der Waals surface area (Å²) in [5, 5.41) is 0. The Morgan fingerprint density at radius 2 is 1.57 bits per heavy atom. The summed E-state index contributed by atoms with van der Waals surface area (Å²) >= 11 is 0. The molecule has 0 unspecified atom stereocenters. The summed E-state index contributed by atoms with van der Waals surface area (Å²) in [6.07, 6.45) is 0. The first-order valence-corrected chi connectivity index (χ1v) is 4.78. The lowest BCUT2D eigenvalue weighted by Crippen LogP contribution is -2.04. The number of fused-ring (bicyclic) bond motifs is 4. The van der Waals surface area contributed by atoms with Crippen LogP contribution in [0.4, 0.5) is 5.69 Å². The Labute approximate surface area is 83.2 Å². The maximum atomic E-state index is 6.05. The average Bonchev–Trinajstić information content (AvgIpc) is 2.18. The zero-order valence-corrected chi connectivity index (χ0v) is 8.04. The van der Waals surface area contributed by atoms with E-state index in [1.54, 1.807) is 0 Å². The van der Waals surface area contributed by atoms with E-state index in [0.717, 1.165) is 5.69 Å². The molecule has 2 aromatic carbocycles. The molecule has 1 heteroatoms. The quantitative estimate of drug-likeness (QED) is 0.529. The van der Waals surface area contributed by atoms with Gasteiger partial charge in [-0.25, -0.2) is 0 Å². The fraction of sp³-hybridized carbons (Fsp3) is 0.0769. The molecule has 1 nitrogen and oxygen atoms in total. The molecule has 0 saturated carbocycles. The van der Waals surface area contributed by atoms with Gasteiger partial charge in [-0.05, 0) is 29.2 Å². The fourth-order valence-electron chi connectivity index (χ4n) is 2.11. The molecule has 0 bridgehead atoms. The fourth-order valence-corrected chi connectivity index (χ4v) is 2.11. The van der Waals surface area contributed by atoms with Gasteiger partial charge in [0, 0.05) is 11.3 Å². The smallest absolute Gasteiger partial charge is 0.0429 e. The van der Waals surface area contributed by atoms with Crippen LogP contribution in [0.15, 0.2) is 36.4 Å². The van der Waals surface area contributed by atoms with Crippen molar-refractivity contribution in [2.75, 3.05) is 5.73 Å². The van der Waals surface area contributed by atoms with Crippen molar-refractivity contribution in [3.63, 3.8) is 0 Å². The van der Waals surface area contributed by atoms with E-state index in [0.29, 0.717) is 0 Å². The van der Waals surface area contributed by atoms with E-state index in [9.17, 15) is 0 Å². The van der Waals surface area contributed by atoms with Crippen molar-refractivity contribution < 1.29 is 0 Å². The van der Waals surface area contributed by atoms with Gasteiger partial charge in [-0.2, -0.15) is 0 Å². The van der Waals surface area contributed by atoms with Crippen molar-refractivity contribution in [1.82, 2.24) is 0 Å². The lowest BCUT2D eigenvalue weighted by atomic mass is 9.79. The normalized spacial score (nSPS) is 11.5. The minimum Gasteiger partial charge on any atom is -0.398 e. The van der Waals surface area contributed by atoms with Gasteiger partial charge in [0.2, 0.25) is 0 Å². The van der Waals surface area contributed by atoms with Gasteiger partial charge < -0.3 is 5.73 Å². The number of rotatable bonds is 0. The van der Waals surface area contributed by atoms with Crippen LogP contribution >= 0.6 is 0 Å². The van der Waals surface area contributed by atoms with Gasteiger partial charge in [-0.1, -0.05) is 36.4 Å². The molecular weight excluding hydrogens is 170 g/mol. The molecule has 0 spiro atoms. The Morgan fingerprint density at radius 1 is 0.857 bits per heavy atom. The number of aryl methyl sites for hydroxylation is 1. The molecule has 14 heavy (non-hydrogen) atoms. The highest BCUT2D eigenvalue weighted by molar-refractivity contribution is 6.07. The van der Waals surface area contributed by atoms with Crippen molar-refractivity contribution in [1.29, 1.82) is 0 Å². The van der Waals surface area contributed by atoms with Gasteiger partial charge in [0.1, 0.15) is 0 Å². The summed E-state index contributed by atoms with van der Waals surface area (Å²) in [5.74, 6) is 0. The number of hydrogen-bond acceptors (Lipinski definition) is 1. The molecule has 0 aromatic heterocycles. The summed E-state index contributed by atoms with van der Waals surface area (Å²) in [6, 6.07) is 12.6. The summed E-state index contributed by atoms with van der Waals surface area (Å²) in [7, 11) is 0. The van der Waals surface area contributed by atoms with Crippen LogP contribution in [0.2, 0.25) is 0 Å². The van der Waals surface area contributed by atoms with E-state index < -0.39 is 0 Å². The van der Waals surface area contributed by atoms with E-state index in [2.05, 4.69) is 43.3 Å². The van der Waals surface area contributed by atoms with Crippen LogP contribution < -0.4 is 5.73 Å². The molecule has 0 heterocycles. The van der Waals surface area contributed by atoms with Crippen LogP contribution in [0, 0.1) is 6.92 Å². The van der Waals surface area contributed by atoms with Gasteiger partial charge in [0.05, 0.1) is 0 Å². The SMILES string of the molecule is Cc1ccc2c(c1N)-c1ccccc1-2. The van der Waals surface area contributed by atoms with E-state index in [4.69, 9.17) is 5.73 Å². The lowest BCUT2D eigenvalue weighted by Gasteiger charge is -2.26. The number of hydrogen-bond donors (Lipinski definition) is 1. The van der Waals surface area contributed by atoms with Crippen molar-refractivity contribution in [3.8, 4) is 22.3 Å². The number of nitrogens with two attached hydrogens (primary N) is 1. The second-order valence-electron chi connectivity index (χ2n) is 3.76. The molecule has 0 amide bonds. The predicted molar refractivity (Wildman–Crippen MR) is 60.0 cm³/mol. The zero-order chi connectivity index (χ0) is 9.71. The minimum atomic E-state index is 0.932.